The number of hydrogen-bond acceptors (Lipinski definition) is 1. The Morgan fingerprint density at radius 3 is 2.33 bits per heavy atom. The molecule has 1 heteroatoms. The molecule has 1 atom stereocenters. The molecule has 0 N–H and O–H groups in total. The molecule has 1 nitrogen and oxygen atoms in total. The highest BCUT2D eigenvalue weighted by molar-refractivity contribution is 5.99. The number of rotatable bonds is 0. The number of Topliss-reactive ketones (excluding diaryl/α,β-unsaturated/α-hetero) is 1. The Balaban J connectivity index is 2.11. The van der Waals surface area contributed by atoms with Crippen LogP contribution < -0.4 is 0 Å². The molecule has 1 fully saturated rings. The molecular weight excluding hydrogens is 220 g/mol. The summed E-state index contributed by atoms with van der Waals surface area (Å²) in [7, 11) is 0. The van der Waals surface area contributed by atoms with Gasteiger partial charge in [-0.3, -0.25) is 4.79 Å². The lowest BCUT2D eigenvalue weighted by molar-refractivity contribution is -0.115. The third-order valence-electron chi connectivity index (χ3n) is 4.82. The van der Waals surface area contributed by atoms with Crippen molar-refractivity contribution in [2.75, 3.05) is 0 Å². The summed E-state index contributed by atoms with van der Waals surface area (Å²) in [6.45, 7) is 4.56. The van der Waals surface area contributed by atoms with Gasteiger partial charge in [0.15, 0.2) is 5.78 Å². The molecule has 102 valence electrons. The third-order valence-corrected chi connectivity index (χ3v) is 4.82. The minimum Gasteiger partial charge on any atom is -0.295 e. The molecular formula is C17H28O. The lowest BCUT2D eigenvalue weighted by Crippen LogP contribution is -2.18. The van der Waals surface area contributed by atoms with Gasteiger partial charge in [0.05, 0.1) is 0 Å². The third kappa shape index (κ3) is 3.24. The van der Waals surface area contributed by atoms with Crippen LogP contribution in [0.5, 0.6) is 0 Å². The highest BCUT2D eigenvalue weighted by atomic mass is 16.1. The van der Waals surface area contributed by atoms with E-state index in [1.165, 1.54) is 56.9 Å². The van der Waals surface area contributed by atoms with Gasteiger partial charge in [0.1, 0.15) is 0 Å². The number of carbonyl (C=O) groups excluding carboxylic acids is 1. The van der Waals surface area contributed by atoms with Crippen LogP contribution in [-0.4, -0.2) is 5.78 Å². The Morgan fingerprint density at radius 1 is 1.00 bits per heavy atom. The summed E-state index contributed by atoms with van der Waals surface area (Å²) < 4.78 is 0. The van der Waals surface area contributed by atoms with E-state index in [-0.39, 0.29) is 5.41 Å². The normalized spacial score (nSPS) is 32.9. The Bertz CT molecular complexity index is 325. The van der Waals surface area contributed by atoms with Crippen molar-refractivity contribution in [3.8, 4) is 0 Å². The van der Waals surface area contributed by atoms with Crippen LogP contribution in [0, 0.1) is 11.3 Å². The first kappa shape index (κ1) is 13.8. The zero-order valence-corrected chi connectivity index (χ0v) is 12.1. The van der Waals surface area contributed by atoms with Crippen molar-refractivity contribution in [2.24, 2.45) is 11.3 Å². The number of carbonyl (C=O) groups is 1. The number of allylic oxidation sites excluding steroid dienone is 2. The standard InChI is InChI=1S/C17H28O/c1-17(2)13-16(18)14-11-9-7-5-3-4-6-8-10-12-15(14)17/h11,15H,3-10,12-13H2,1-2H3/b14-11-/t15-/m0/s1. The van der Waals surface area contributed by atoms with Gasteiger partial charge in [0, 0.05) is 6.42 Å². The summed E-state index contributed by atoms with van der Waals surface area (Å²) in [5.74, 6) is 0.964. The quantitative estimate of drug-likeness (QED) is 0.586. The molecule has 0 unspecified atom stereocenters. The van der Waals surface area contributed by atoms with Crippen LogP contribution in [0.25, 0.3) is 0 Å². The zero-order chi connectivity index (χ0) is 13.0. The molecule has 0 saturated heterocycles. The maximum absolute atomic E-state index is 12.2. The largest absolute Gasteiger partial charge is 0.295 e. The second-order valence-corrected chi connectivity index (χ2v) is 6.85. The zero-order valence-electron chi connectivity index (χ0n) is 12.1. The number of ketones is 1. The van der Waals surface area contributed by atoms with E-state index < -0.39 is 0 Å². The minimum atomic E-state index is 0.201. The second kappa shape index (κ2) is 6.04. The van der Waals surface area contributed by atoms with E-state index in [0.29, 0.717) is 11.7 Å². The van der Waals surface area contributed by atoms with Crippen molar-refractivity contribution in [3.63, 3.8) is 0 Å². The molecule has 0 heterocycles. The van der Waals surface area contributed by atoms with Crippen LogP contribution >= 0.6 is 0 Å². The van der Waals surface area contributed by atoms with E-state index in [2.05, 4.69) is 19.9 Å². The van der Waals surface area contributed by atoms with Crippen molar-refractivity contribution in [1.29, 1.82) is 0 Å². The fraction of sp³-hybridized carbons (Fsp3) is 0.824. The van der Waals surface area contributed by atoms with E-state index in [1.54, 1.807) is 0 Å². The Kier molecular flexibility index (Phi) is 4.64. The van der Waals surface area contributed by atoms with E-state index in [4.69, 9.17) is 0 Å². The van der Waals surface area contributed by atoms with Crippen molar-refractivity contribution in [1.82, 2.24) is 0 Å². The van der Waals surface area contributed by atoms with Crippen LogP contribution in [0.4, 0.5) is 0 Å². The lowest BCUT2D eigenvalue weighted by atomic mass is 9.77. The molecule has 0 aromatic carbocycles. The van der Waals surface area contributed by atoms with Gasteiger partial charge < -0.3 is 0 Å². The monoisotopic (exact) mass is 248 g/mol. The first-order valence-corrected chi connectivity index (χ1v) is 7.84. The van der Waals surface area contributed by atoms with Gasteiger partial charge >= 0.3 is 0 Å². The molecule has 0 radical (unpaired) electrons. The van der Waals surface area contributed by atoms with E-state index in [1.807, 2.05) is 0 Å². The van der Waals surface area contributed by atoms with Gasteiger partial charge in [0.25, 0.3) is 0 Å². The maximum Gasteiger partial charge on any atom is 0.159 e. The van der Waals surface area contributed by atoms with E-state index >= 15 is 0 Å². The fourth-order valence-corrected chi connectivity index (χ4v) is 3.69. The van der Waals surface area contributed by atoms with Crippen molar-refractivity contribution < 1.29 is 4.79 Å². The second-order valence-electron chi connectivity index (χ2n) is 6.85. The Hall–Kier alpha value is -0.590. The predicted octanol–water partition coefficient (Wildman–Crippen LogP) is 5.05. The molecule has 0 bridgehead atoms. The smallest absolute Gasteiger partial charge is 0.159 e. The van der Waals surface area contributed by atoms with Crippen LogP contribution in [0.2, 0.25) is 0 Å². The first-order chi connectivity index (χ1) is 8.61. The SMILES string of the molecule is CC1(C)CC(=O)/C2=C\CCCCCCCCC[C@@H]21. The van der Waals surface area contributed by atoms with Gasteiger partial charge in [-0.1, -0.05) is 58.4 Å². The Labute approximate surface area is 112 Å². The highest BCUT2D eigenvalue weighted by Gasteiger charge is 2.42. The van der Waals surface area contributed by atoms with Crippen LogP contribution in [0.15, 0.2) is 11.6 Å². The van der Waals surface area contributed by atoms with E-state index in [0.717, 1.165) is 12.8 Å². The van der Waals surface area contributed by atoms with Crippen molar-refractivity contribution >= 4 is 5.78 Å². The van der Waals surface area contributed by atoms with Crippen LogP contribution in [0.3, 0.4) is 0 Å². The molecule has 0 amide bonds. The number of fused-ring (bicyclic) bond motifs is 1. The van der Waals surface area contributed by atoms with Gasteiger partial charge in [-0.2, -0.15) is 0 Å². The summed E-state index contributed by atoms with van der Waals surface area (Å²) in [6.07, 6.45) is 14.8. The fourth-order valence-electron chi connectivity index (χ4n) is 3.69. The average Bonchev–Trinajstić information content (AvgIpc) is 2.48. The molecule has 2 aliphatic rings. The minimum absolute atomic E-state index is 0.201. The molecule has 18 heavy (non-hydrogen) atoms. The first-order valence-electron chi connectivity index (χ1n) is 7.84. The topological polar surface area (TPSA) is 17.1 Å². The van der Waals surface area contributed by atoms with E-state index in [9.17, 15) is 4.79 Å². The number of hydrogen-bond donors (Lipinski definition) is 0. The summed E-state index contributed by atoms with van der Waals surface area (Å²) in [5, 5.41) is 0. The lowest BCUT2D eigenvalue weighted by Gasteiger charge is -2.27. The predicted molar refractivity (Wildman–Crippen MR) is 76.5 cm³/mol. The molecule has 0 aliphatic heterocycles. The average molecular weight is 248 g/mol. The molecule has 0 aromatic rings. The van der Waals surface area contributed by atoms with Crippen molar-refractivity contribution in [2.45, 2.75) is 78.1 Å². The molecule has 1 saturated carbocycles. The molecule has 0 spiro atoms. The van der Waals surface area contributed by atoms with Crippen LogP contribution in [-0.2, 0) is 4.79 Å². The summed E-state index contributed by atoms with van der Waals surface area (Å²) in [4.78, 5) is 12.2. The van der Waals surface area contributed by atoms with Crippen molar-refractivity contribution in [3.05, 3.63) is 11.6 Å². The van der Waals surface area contributed by atoms with Gasteiger partial charge in [-0.25, -0.2) is 0 Å². The molecule has 0 aromatic heterocycles. The summed E-state index contributed by atoms with van der Waals surface area (Å²) >= 11 is 0. The summed E-state index contributed by atoms with van der Waals surface area (Å²) in [6, 6.07) is 0. The van der Waals surface area contributed by atoms with Gasteiger partial charge in [-0.05, 0) is 36.2 Å². The van der Waals surface area contributed by atoms with Crippen LogP contribution in [0.1, 0.15) is 78.1 Å². The Morgan fingerprint density at radius 2 is 1.61 bits per heavy atom. The van der Waals surface area contributed by atoms with Gasteiger partial charge in [-0.15, -0.1) is 0 Å². The summed E-state index contributed by atoms with van der Waals surface area (Å²) in [5.41, 5.74) is 1.38. The molecule has 2 rings (SSSR count). The highest BCUT2D eigenvalue weighted by Crippen LogP contribution is 2.47. The molecule has 2 aliphatic carbocycles. The van der Waals surface area contributed by atoms with Gasteiger partial charge in [0.2, 0.25) is 0 Å². The maximum atomic E-state index is 12.2.